The predicted octanol–water partition coefficient (Wildman–Crippen LogP) is 2.69. The van der Waals surface area contributed by atoms with E-state index in [2.05, 4.69) is 5.32 Å². The van der Waals surface area contributed by atoms with Crippen LogP contribution in [-0.2, 0) is 9.59 Å². The molecule has 21 heavy (non-hydrogen) atoms. The van der Waals surface area contributed by atoms with Gasteiger partial charge in [-0.15, -0.1) is 0 Å². The summed E-state index contributed by atoms with van der Waals surface area (Å²) in [6.45, 7) is 8.90. The summed E-state index contributed by atoms with van der Waals surface area (Å²) in [6.07, 6.45) is 0. The van der Waals surface area contributed by atoms with Gasteiger partial charge in [0, 0.05) is 5.02 Å². The van der Waals surface area contributed by atoms with Gasteiger partial charge in [-0.05, 0) is 30.9 Å². The highest BCUT2D eigenvalue weighted by atomic mass is 35.5. The van der Waals surface area contributed by atoms with Crippen molar-refractivity contribution in [2.45, 2.75) is 40.2 Å². The first-order valence-corrected chi connectivity index (χ1v) is 7.09. The molecule has 1 aromatic rings. The van der Waals surface area contributed by atoms with Crippen molar-refractivity contribution in [1.29, 1.82) is 0 Å². The molecule has 4 nitrogen and oxygen atoms in total. The average molecular weight is 310 g/mol. The summed E-state index contributed by atoms with van der Waals surface area (Å²) in [6, 6.07) is 7.14. The summed E-state index contributed by atoms with van der Waals surface area (Å²) in [5, 5.41) is 3.17. The van der Waals surface area contributed by atoms with Crippen LogP contribution < -0.4 is 11.1 Å². The maximum absolute atomic E-state index is 12.6. The molecule has 0 aliphatic rings. The van der Waals surface area contributed by atoms with E-state index in [1.165, 1.54) is 0 Å². The maximum Gasteiger partial charge on any atom is 0.242 e. The second-order valence-corrected chi connectivity index (χ2v) is 6.96. The summed E-state index contributed by atoms with van der Waals surface area (Å²) in [5.41, 5.74) is 4.39. The molecule has 0 aliphatic heterocycles. The molecule has 0 fully saturated rings. The van der Waals surface area contributed by atoms with Crippen LogP contribution in [0.4, 0.5) is 0 Å². The Morgan fingerprint density at radius 1 is 1.10 bits per heavy atom. The Kier molecular flexibility index (Phi) is 5.05. The van der Waals surface area contributed by atoms with Gasteiger partial charge in [0.1, 0.15) is 5.54 Å². The lowest BCUT2D eigenvalue weighted by Gasteiger charge is -2.33. The zero-order valence-electron chi connectivity index (χ0n) is 13.1. The van der Waals surface area contributed by atoms with E-state index in [1.54, 1.807) is 32.0 Å². The van der Waals surface area contributed by atoms with Crippen LogP contribution in [0.1, 0.15) is 40.2 Å². The Morgan fingerprint density at radius 2 is 1.62 bits per heavy atom. The molecule has 1 rings (SSSR count). The number of benzene rings is 1. The molecule has 3 N–H and O–H groups in total. The molecule has 2 amide bonds. The van der Waals surface area contributed by atoms with Crippen LogP contribution in [0.2, 0.25) is 5.02 Å². The van der Waals surface area contributed by atoms with Gasteiger partial charge >= 0.3 is 0 Å². The van der Waals surface area contributed by atoms with Crippen LogP contribution in [0.25, 0.3) is 0 Å². The number of hydrogen-bond acceptors (Lipinski definition) is 2. The topological polar surface area (TPSA) is 72.2 Å². The molecule has 0 heterocycles. The molecule has 0 aliphatic carbocycles. The first-order valence-electron chi connectivity index (χ1n) is 6.71. The largest absolute Gasteiger partial charge is 0.368 e. The summed E-state index contributed by atoms with van der Waals surface area (Å²) < 4.78 is 0. The highest BCUT2D eigenvalue weighted by Gasteiger charge is 2.38. The van der Waals surface area contributed by atoms with Crippen molar-refractivity contribution in [2.75, 3.05) is 0 Å². The molecule has 0 bridgehead atoms. The smallest absolute Gasteiger partial charge is 0.242 e. The molecule has 0 aromatic heterocycles. The highest BCUT2D eigenvalue weighted by molar-refractivity contribution is 6.32. The normalized spacial score (nSPS) is 12.3. The lowest BCUT2D eigenvalue weighted by molar-refractivity contribution is -0.129. The van der Waals surface area contributed by atoms with E-state index < -0.39 is 16.9 Å². The van der Waals surface area contributed by atoms with Crippen LogP contribution in [0.5, 0.6) is 0 Å². The van der Waals surface area contributed by atoms with E-state index in [9.17, 15) is 9.59 Å². The fraction of sp³-hybridized carbons (Fsp3) is 0.438. The number of nitrogens with one attached hydrogen (secondary N) is 1. The minimum Gasteiger partial charge on any atom is -0.368 e. The van der Waals surface area contributed by atoms with E-state index in [1.807, 2.05) is 26.8 Å². The fourth-order valence-electron chi connectivity index (χ4n) is 1.94. The number of hydrogen-bond donors (Lipinski definition) is 2. The number of halogens is 1. The Bertz CT molecular complexity index is 547. The monoisotopic (exact) mass is 309 g/mol. The van der Waals surface area contributed by atoms with E-state index in [4.69, 9.17) is 17.3 Å². The van der Waals surface area contributed by atoms with Crippen molar-refractivity contribution in [2.24, 2.45) is 11.1 Å². The van der Waals surface area contributed by atoms with Crippen LogP contribution in [0.15, 0.2) is 24.3 Å². The average Bonchev–Trinajstić information content (AvgIpc) is 2.29. The molecular weight excluding hydrogens is 288 g/mol. The molecule has 5 heteroatoms. The third kappa shape index (κ3) is 4.21. The van der Waals surface area contributed by atoms with Crippen molar-refractivity contribution in [3.63, 3.8) is 0 Å². The van der Waals surface area contributed by atoms with Gasteiger partial charge in [-0.2, -0.15) is 0 Å². The zero-order valence-corrected chi connectivity index (χ0v) is 13.8. The van der Waals surface area contributed by atoms with Crippen molar-refractivity contribution >= 4 is 23.4 Å². The first kappa shape index (κ1) is 17.5. The predicted molar refractivity (Wildman–Crippen MR) is 84.7 cm³/mol. The van der Waals surface area contributed by atoms with Gasteiger partial charge in [-0.1, -0.05) is 50.6 Å². The molecular formula is C16H22ClN2O2. The highest BCUT2D eigenvalue weighted by Crippen LogP contribution is 2.37. The van der Waals surface area contributed by atoms with Gasteiger partial charge in [0.05, 0.1) is 5.92 Å². The molecule has 0 saturated carbocycles. The van der Waals surface area contributed by atoms with Crippen LogP contribution in [-0.4, -0.2) is 17.4 Å². The first-order chi connectivity index (χ1) is 9.47. The fourth-order valence-corrected chi connectivity index (χ4v) is 2.17. The van der Waals surface area contributed by atoms with Crippen molar-refractivity contribution < 1.29 is 9.59 Å². The molecule has 115 valence electrons. The number of carbonyl (C=O) groups excluding carboxylic acids is 2. The van der Waals surface area contributed by atoms with Gasteiger partial charge in [0.2, 0.25) is 11.8 Å². The van der Waals surface area contributed by atoms with Crippen molar-refractivity contribution in [3.8, 4) is 0 Å². The minimum absolute atomic E-state index is 0.348. The van der Waals surface area contributed by atoms with Gasteiger partial charge < -0.3 is 11.1 Å². The molecule has 0 atom stereocenters. The second kappa shape index (κ2) is 6.06. The zero-order chi connectivity index (χ0) is 16.4. The lowest BCUT2D eigenvalue weighted by Crippen LogP contribution is -2.55. The summed E-state index contributed by atoms with van der Waals surface area (Å²) in [5.74, 6) is -0.426. The third-order valence-corrected chi connectivity index (χ3v) is 3.49. The maximum atomic E-state index is 12.6. The van der Waals surface area contributed by atoms with Crippen LogP contribution in [0, 0.1) is 11.3 Å². The molecule has 0 unspecified atom stereocenters. The minimum atomic E-state index is -1.13. The van der Waals surface area contributed by atoms with Gasteiger partial charge in [0.25, 0.3) is 0 Å². The molecule has 1 aromatic carbocycles. The Hall–Kier alpha value is -1.55. The van der Waals surface area contributed by atoms with E-state index in [0.29, 0.717) is 16.5 Å². The van der Waals surface area contributed by atoms with Crippen molar-refractivity contribution in [1.82, 2.24) is 5.32 Å². The third-order valence-electron chi connectivity index (χ3n) is 3.16. The van der Waals surface area contributed by atoms with Gasteiger partial charge in [0.15, 0.2) is 0 Å². The quantitative estimate of drug-likeness (QED) is 0.897. The Labute approximate surface area is 131 Å². The van der Waals surface area contributed by atoms with E-state index in [0.717, 1.165) is 0 Å². The Morgan fingerprint density at radius 3 is 2.05 bits per heavy atom. The SMILES string of the molecule is CC(C)(C)[C](C(=O)NC(C)(C)C(N)=O)c1ccccc1Cl. The van der Waals surface area contributed by atoms with E-state index >= 15 is 0 Å². The number of carbonyl (C=O) groups is 2. The number of nitrogens with two attached hydrogens (primary N) is 1. The number of amides is 2. The molecule has 0 spiro atoms. The van der Waals surface area contributed by atoms with Gasteiger partial charge in [-0.25, -0.2) is 0 Å². The summed E-state index contributed by atoms with van der Waals surface area (Å²) >= 11 is 6.21. The number of rotatable bonds is 4. The van der Waals surface area contributed by atoms with Gasteiger partial charge in [-0.3, -0.25) is 9.59 Å². The van der Waals surface area contributed by atoms with Crippen molar-refractivity contribution in [3.05, 3.63) is 40.8 Å². The summed E-state index contributed by atoms with van der Waals surface area (Å²) in [7, 11) is 0. The second-order valence-electron chi connectivity index (χ2n) is 6.55. The standard InChI is InChI=1S/C16H22ClN2O2/c1-15(2,3)12(10-8-6-7-9-11(10)17)13(20)19-16(4,5)14(18)21/h6-9H,1-5H3,(H2,18,21)(H,19,20). The van der Waals surface area contributed by atoms with E-state index in [-0.39, 0.29) is 5.91 Å². The Balaban J connectivity index is 3.20. The lowest BCUT2D eigenvalue weighted by atomic mass is 9.75. The molecule has 1 radical (unpaired) electrons. The number of primary amides is 1. The molecule has 0 saturated heterocycles. The van der Waals surface area contributed by atoms with Crippen LogP contribution in [0.3, 0.4) is 0 Å². The van der Waals surface area contributed by atoms with Crippen LogP contribution >= 0.6 is 11.6 Å². The summed E-state index contributed by atoms with van der Waals surface area (Å²) in [4.78, 5) is 24.1.